The topological polar surface area (TPSA) is 93.5 Å². The van der Waals surface area contributed by atoms with Crippen LogP contribution in [0.2, 0.25) is 0 Å². The molecular formula is C8H7BrN4O2. The van der Waals surface area contributed by atoms with Gasteiger partial charge in [-0.1, -0.05) is 0 Å². The SMILES string of the molecule is NC(C(=O)O)c1nccn2c(Br)cnc12. The molecule has 0 spiro atoms. The fraction of sp³-hybridized carbons (Fsp3) is 0.125. The molecule has 78 valence electrons. The monoisotopic (exact) mass is 270 g/mol. The highest BCUT2D eigenvalue weighted by atomic mass is 79.9. The zero-order chi connectivity index (χ0) is 11.0. The lowest BCUT2D eigenvalue weighted by molar-refractivity contribution is -0.138. The van der Waals surface area contributed by atoms with Gasteiger partial charge in [0.15, 0.2) is 5.65 Å². The van der Waals surface area contributed by atoms with E-state index in [1.54, 1.807) is 16.8 Å². The number of aliphatic carboxylic acids is 1. The van der Waals surface area contributed by atoms with E-state index in [1.807, 2.05) is 0 Å². The molecule has 2 aromatic heterocycles. The maximum Gasteiger partial charge on any atom is 0.326 e. The summed E-state index contributed by atoms with van der Waals surface area (Å²) in [7, 11) is 0. The lowest BCUT2D eigenvalue weighted by atomic mass is 10.2. The molecular weight excluding hydrogens is 264 g/mol. The van der Waals surface area contributed by atoms with Crippen LogP contribution in [0.1, 0.15) is 11.7 Å². The molecule has 0 aliphatic carbocycles. The van der Waals surface area contributed by atoms with Gasteiger partial charge in [-0.2, -0.15) is 0 Å². The van der Waals surface area contributed by atoms with Gasteiger partial charge >= 0.3 is 5.97 Å². The van der Waals surface area contributed by atoms with Crippen molar-refractivity contribution in [1.82, 2.24) is 14.4 Å². The van der Waals surface area contributed by atoms with Gasteiger partial charge in [0.2, 0.25) is 0 Å². The number of aromatic nitrogens is 3. The van der Waals surface area contributed by atoms with Crippen LogP contribution in [-0.2, 0) is 4.79 Å². The number of imidazole rings is 1. The third kappa shape index (κ3) is 1.59. The molecule has 1 atom stereocenters. The van der Waals surface area contributed by atoms with Gasteiger partial charge < -0.3 is 10.8 Å². The zero-order valence-corrected chi connectivity index (χ0v) is 9.05. The molecule has 0 amide bonds. The number of carbonyl (C=O) groups is 1. The van der Waals surface area contributed by atoms with Gasteiger partial charge in [0.05, 0.1) is 6.20 Å². The Hall–Kier alpha value is -1.47. The average Bonchev–Trinajstić information content (AvgIpc) is 2.59. The van der Waals surface area contributed by atoms with E-state index < -0.39 is 12.0 Å². The second kappa shape index (κ2) is 3.59. The second-order valence-electron chi connectivity index (χ2n) is 2.90. The molecule has 1 unspecified atom stereocenters. The Kier molecular flexibility index (Phi) is 2.41. The van der Waals surface area contributed by atoms with Gasteiger partial charge in [0.1, 0.15) is 16.3 Å². The second-order valence-corrected chi connectivity index (χ2v) is 3.72. The fourth-order valence-electron chi connectivity index (χ4n) is 1.25. The van der Waals surface area contributed by atoms with Gasteiger partial charge in [-0.05, 0) is 15.9 Å². The van der Waals surface area contributed by atoms with Crippen molar-refractivity contribution >= 4 is 27.5 Å². The minimum atomic E-state index is -1.16. The van der Waals surface area contributed by atoms with E-state index in [-0.39, 0.29) is 5.69 Å². The highest BCUT2D eigenvalue weighted by Crippen LogP contribution is 2.18. The summed E-state index contributed by atoms with van der Waals surface area (Å²) in [6.45, 7) is 0. The first-order chi connectivity index (χ1) is 7.11. The van der Waals surface area contributed by atoms with Crippen molar-refractivity contribution in [1.29, 1.82) is 0 Å². The molecule has 0 bridgehead atoms. The van der Waals surface area contributed by atoms with Gasteiger partial charge in [-0.25, -0.2) is 4.98 Å². The number of rotatable bonds is 2. The number of nitrogens with two attached hydrogens (primary N) is 1. The Bertz CT molecular complexity index is 524. The van der Waals surface area contributed by atoms with E-state index in [9.17, 15) is 4.79 Å². The Morgan fingerprint density at radius 3 is 3.00 bits per heavy atom. The number of carboxylic acids is 1. The minimum Gasteiger partial charge on any atom is -0.480 e. The first kappa shape index (κ1) is 10.1. The molecule has 2 heterocycles. The molecule has 0 fully saturated rings. The minimum absolute atomic E-state index is 0.246. The summed E-state index contributed by atoms with van der Waals surface area (Å²) in [5, 5.41) is 8.79. The summed E-state index contributed by atoms with van der Waals surface area (Å²) in [4.78, 5) is 18.7. The summed E-state index contributed by atoms with van der Waals surface area (Å²) in [6.07, 6.45) is 4.72. The molecule has 3 N–H and O–H groups in total. The van der Waals surface area contributed by atoms with Gasteiger partial charge in [0, 0.05) is 12.4 Å². The number of carboxylic acid groups (broad SMARTS) is 1. The van der Waals surface area contributed by atoms with Gasteiger partial charge in [0.25, 0.3) is 0 Å². The van der Waals surface area contributed by atoms with Crippen molar-refractivity contribution < 1.29 is 9.90 Å². The van der Waals surface area contributed by atoms with Crippen LogP contribution in [0.15, 0.2) is 23.2 Å². The van der Waals surface area contributed by atoms with E-state index in [4.69, 9.17) is 10.8 Å². The Labute approximate surface area is 92.9 Å². The molecule has 6 nitrogen and oxygen atoms in total. The van der Waals surface area contributed by atoms with Crippen molar-refractivity contribution in [3.63, 3.8) is 0 Å². The summed E-state index contributed by atoms with van der Waals surface area (Å²) >= 11 is 3.27. The van der Waals surface area contributed by atoms with E-state index in [0.717, 1.165) is 4.60 Å². The van der Waals surface area contributed by atoms with Gasteiger partial charge in [-0.15, -0.1) is 0 Å². The van der Waals surface area contributed by atoms with E-state index in [1.165, 1.54) is 6.20 Å². The average molecular weight is 271 g/mol. The molecule has 0 saturated carbocycles. The zero-order valence-electron chi connectivity index (χ0n) is 7.46. The largest absolute Gasteiger partial charge is 0.480 e. The maximum absolute atomic E-state index is 10.7. The summed E-state index contributed by atoms with van der Waals surface area (Å²) in [5.74, 6) is -1.13. The van der Waals surface area contributed by atoms with Crippen LogP contribution in [0.5, 0.6) is 0 Å². The standard InChI is InChI=1S/C8H7BrN4O2/c9-4-3-12-7-6(5(10)8(14)15)11-1-2-13(4)7/h1-3,5H,10H2,(H,14,15). The molecule has 0 radical (unpaired) electrons. The van der Waals surface area contributed by atoms with Crippen molar-refractivity contribution in [3.05, 3.63) is 28.9 Å². The normalized spacial score (nSPS) is 12.9. The number of fused-ring (bicyclic) bond motifs is 1. The summed E-state index contributed by atoms with van der Waals surface area (Å²) in [5.41, 5.74) is 6.17. The third-order valence-electron chi connectivity index (χ3n) is 1.97. The first-order valence-electron chi connectivity index (χ1n) is 4.07. The lowest BCUT2D eigenvalue weighted by Crippen LogP contribution is -2.22. The van der Waals surface area contributed by atoms with Crippen LogP contribution in [-0.4, -0.2) is 25.4 Å². The molecule has 15 heavy (non-hydrogen) atoms. The van der Waals surface area contributed by atoms with Crippen molar-refractivity contribution in [2.75, 3.05) is 0 Å². The van der Waals surface area contributed by atoms with Crippen LogP contribution in [0.25, 0.3) is 5.65 Å². The third-order valence-corrected chi connectivity index (χ3v) is 2.56. The van der Waals surface area contributed by atoms with Crippen LogP contribution < -0.4 is 5.73 Å². The van der Waals surface area contributed by atoms with E-state index in [2.05, 4.69) is 25.9 Å². The molecule has 7 heteroatoms. The van der Waals surface area contributed by atoms with Crippen molar-refractivity contribution in [2.45, 2.75) is 6.04 Å². The molecule has 2 aromatic rings. The van der Waals surface area contributed by atoms with Crippen molar-refractivity contribution in [2.24, 2.45) is 5.73 Å². The molecule has 0 aromatic carbocycles. The maximum atomic E-state index is 10.7. The fourth-order valence-corrected chi connectivity index (χ4v) is 1.63. The van der Waals surface area contributed by atoms with Crippen LogP contribution in [0.4, 0.5) is 0 Å². The smallest absolute Gasteiger partial charge is 0.326 e. The van der Waals surface area contributed by atoms with Crippen molar-refractivity contribution in [3.8, 4) is 0 Å². The highest BCUT2D eigenvalue weighted by molar-refractivity contribution is 9.10. The predicted octanol–water partition coefficient (Wildman–Crippen LogP) is 0.576. The molecule has 0 aliphatic heterocycles. The van der Waals surface area contributed by atoms with Crippen LogP contribution in [0, 0.1) is 0 Å². The number of hydrogen-bond acceptors (Lipinski definition) is 4. The van der Waals surface area contributed by atoms with Gasteiger partial charge in [-0.3, -0.25) is 14.2 Å². The lowest BCUT2D eigenvalue weighted by Gasteiger charge is -2.06. The number of nitrogens with zero attached hydrogens (tertiary/aromatic N) is 3. The van der Waals surface area contributed by atoms with E-state index in [0.29, 0.717) is 5.65 Å². The van der Waals surface area contributed by atoms with Crippen LogP contribution >= 0.6 is 15.9 Å². The molecule has 0 aliphatic rings. The van der Waals surface area contributed by atoms with Crippen LogP contribution in [0.3, 0.4) is 0 Å². The quantitative estimate of drug-likeness (QED) is 0.833. The Balaban J connectivity index is 2.66. The predicted molar refractivity (Wildman–Crippen MR) is 55.3 cm³/mol. The first-order valence-corrected chi connectivity index (χ1v) is 4.86. The summed E-state index contributed by atoms with van der Waals surface area (Å²) < 4.78 is 2.39. The Morgan fingerprint density at radius 2 is 2.33 bits per heavy atom. The number of hydrogen-bond donors (Lipinski definition) is 2. The Morgan fingerprint density at radius 1 is 1.60 bits per heavy atom. The number of halogens is 1. The molecule has 2 rings (SSSR count). The highest BCUT2D eigenvalue weighted by Gasteiger charge is 2.20. The molecule has 0 saturated heterocycles. The summed E-state index contributed by atoms with van der Waals surface area (Å²) in [6, 6.07) is -1.16. The van der Waals surface area contributed by atoms with E-state index >= 15 is 0 Å².